The van der Waals surface area contributed by atoms with Gasteiger partial charge in [-0.1, -0.05) is 12.1 Å². The second-order valence-electron chi connectivity index (χ2n) is 4.19. The van der Waals surface area contributed by atoms with Crippen LogP contribution in [0, 0.1) is 17.6 Å². The van der Waals surface area contributed by atoms with Gasteiger partial charge in [0.2, 0.25) is 0 Å². The Balaban J connectivity index is 2.64. The lowest BCUT2D eigenvalue weighted by atomic mass is 10.0. The van der Waals surface area contributed by atoms with Gasteiger partial charge in [0.25, 0.3) is 0 Å². The maximum absolute atomic E-state index is 8.64. The molecule has 2 rings (SSSR count). The Bertz CT molecular complexity index is 647. The summed E-state index contributed by atoms with van der Waals surface area (Å²) < 4.78 is 10.9. The SMILES string of the molecule is COc1cc(C)c(OC)c2cc(CSC#N)ccc12. The molecule has 0 saturated heterocycles. The summed E-state index contributed by atoms with van der Waals surface area (Å²) in [5.41, 5.74) is 2.14. The van der Waals surface area contributed by atoms with Gasteiger partial charge in [-0.15, -0.1) is 0 Å². The highest BCUT2D eigenvalue weighted by molar-refractivity contribution is 8.02. The highest BCUT2D eigenvalue weighted by Gasteiger charge is 2.11. The molecule has 0 heterocycles. The molecule has 3 nitrogen and oxygen atoms in total. The second kappa shape index (κ2) is 5.85. The summed E-state index contributed by atoms with van der Waals surface area (Å²) in [5, 5.41) is 12.8. The number of thiocyanates is 1. The molecule has 0 amide bonds. The van der Waals surface area contributed by atoms with E-state index >= 15 is 0 Å². The topological polar surface area (TPSA) is 42.2 Å². The third kappa shape index (κ3) is 2.61. The first-order valence-corrected chi connectivity index (χ1v) is 6.85. The lowest BCUT2D eigenvalue weighted by Crippen LogP contribution is -1.93. The summed E-state index contributed by atoms with van der Waals surface area (Å²) in [6.45, 7) is 2.00. The lowest BCUT2D eigenvalue weighted by Gasteiger charge is -2.13. The zero-order chi connectivity index (χ0) is 13.8. The highest BCUT2D eigenvalue weighted by atomic mass is 32.2. The zero-order valence-electron chi connectivity index (χ0n) is 11.2. The van der Waals surface area contributed by atoms with E-state index in [-0.39, 0.29) is 0 Å². The molecule has 0 unspecified atom stereocenters. The van der Waals surface area contributed by atoms with Gasteiger partial charge in [-0.05, 0) is 41.9 Å². The molecule has 0 saturated carbocycles. The monoisotopic (exact) mass is 273 g/mol. The number of benzene rings is 2. The number of thioether (sulfide) groups is 1. The minimum absolute atomic E-state index is 0.672. The zero-order valence-corrected chi connectivity index (χ0v) is 12.0. The molecule has 0 bridgehead atoms. The predicted molar refractivity (Wildman–Crippen MR) is 78.7 cm³/mol. The summed E-state index contributed by atoms with van der Waals surface area (Å²) in [5.74, 6) is 2.37. The number of hydrogen-bond acceptors (Lipinski definition) is 4. The van der Waals surface area contributed by atoms with Crippen LogP contribution in [0.5, 0.6) is 11.5 Å². The largest absolute Gasteiger partial charge is 0.496 e. The van der Waals surface area contributed by atoms with Crippen LogP contribution in [0.2, 0.25) is 0 Å². The van der Waals surface area contributed by atoms with E-state index in [0.29, 0.717) is 5.75 Å². The standard InChI is InChI=1S/C15H15NO2S/c1-10-6-14(17-2)12-5-4-11(8-19-9-16)7-13(12)15(10)18-3/h4-7H,8H2,1-3H3. The number of nitrogens with zero attached hydrogens (tertiary/aromatic N) is 1. The number of aryl methyl sites for hydroxylation is 1. The van der Waals surface area contributed by atoms with Gasteiger partial charge in [0.1, 0.15) is 16.9 Å². The Morgan fingerprint density at radius 2 is 1.95 bits per heavy atom. The molecule has 0 radical (unpaired) electrons. The van der Waals surface area contributed by atoms with E-state index in [9.17, 15) is 0 Å². The first-order chi connectivity index (χ1) is 9.21. The predicted octanol–water partition coefficient (Wildman–Crippen LogP) is 3.88. The maximum Gasteiger partial charge on any atom is 0.133 e. The first kappa shape index (κ1) is 13.6. The molecule has 4 heteroatoms. The number of nitriles is 1. The summed E-state index contributed by atoms with van der Waals surface area (Å²) in [6, 6.07) is 8.08. The van der Waals surface area contributed by atoms with Crippen LogP contribution in [-0.2, 0) is 5.75 Å². The Morgan fingerprint density at radius 3 is 2.58 bits per heavy atom. The summed E-state index contributed by atoms with van der Waals surface area (Å²) in [6.07, 6.45) is 0. The highest BCUT2D eigenvalue weighted by Crippen LogP contribution is 2.37. The molecule has 0 aliphatic heterocycles. The third-order valence-corrected chi connectivity index (χ3v) is 3.63. The van der Waals surface area contributed by atoms with E-state index in [1.165, 1.54) is 11.8 Å². The van der Waals surface area contributed by atoms with Crippen LogP contribution in [0.25, 0.3) is 10.8 Å². The van der Waals surface area contributed by atoms with Crippen molar-refractivity contribution in [2.24, 2.45) is 0 Å². The molecule has 0 aromatic heterocycles. The Morgan fingerprint density at radius 1 is 1.16 bits per heavy atom. The normalized spacial score (nSPS) is 10.2. The number of hydrogen-bond donors (Lipinski definition) is 0. The van der Waals surface area contributed by atoms with Crippen molar-refractivity contribution in [1.82, 2.24) is 0 Å². The average molecular weight is 273 g/mol. The van der Waals surface area contributed by atoms with Crippen molar-refractivity contribution in [1.29, 1.82) is 5.26 Å². The van der Waals surface area contributed by atoms with Gasteiger partial charge >= 0.3 is 0 Å². The van der Waals surface area contributed by atoms with Gasteiger partial charge in [0.05, 0.1) is 14.2 Å². The van der Waals surface area contributed by atoms with E-state index in [1.807, 2.05) is 25.1 Å². The van der Waals surface area contributed by atoms with Crippen LogP contribution in [0.1, 0.15) is 11.1 Å². The summed E-state index contributed by atoms with van der Waals surface area (Å²) in [7, 11) is 3.34. The van der Waals surface area contributed by atoms with Gasteiger partial charge in [-0.3, -0.25) is 0 Å². The van der Waals surface area contributed by atoms with Gasteiger partial charge in [0, 0.05) is 16.5 Å². The van der Waals surface area contributed by atoms with Crippen LogP contribution < -0.4 is 9.47 Å². The average Bonchev–Trinajstić information content (AvgIpc) is 2.44. The molecule has 2 aromatic rings. The van der Waals surface area contributed by atoms with Crippen LogP contribution in [0.4, 0.5) is 0 Å². The molecule has 2 aromatic carbocycles. The van der Waals surface area contributed by atoms with E-state index in [4.69, 9.17) is 14.7 Å². The quantitative estimate of drug-likeness (QED) is 0.793. The first-order valence-electron chi connectivity index (χ1n) is 5.86. The van der Waals surface area contributed by atoms with Gasteiger partial charge in [0.15, 0.2) is 0 Å². The van der Waals surface area contributed by atoms with Gasteiger partial charge < -0.3 is 9.47 Å². The van der Waals surface area contributed by atoms with Crippen molar-refractivity contribution in [3.63, 3.8) is 0 Å². The van der Waals surface area contributed by atoms with Crippen molar-refractivity contribution in [2.45, 2.75) is 12.7 Å². The van der Waals surface area contributed by atoms with Gasteiger partial charge in [-0.2, -0.15) is 5.26 Å². The van der Waals surface area contributed by atoms with Crippen LogP contribution >= 0.6 is 11.8 Å². The minimum atomic E-state index is 0.672. The van der Waals surface area contributed by atoms with Crippen LogP contribution in [-0.4, -0.2) is 14.2 Å². The molecule has 0 spiro atoms. The Kier molecular flexibility index (Phi) is 4.18. The number of fused-ring (bicyclic) bond motifs is 1. The summed E-state index contributed by atoms with van der Waals surface area (Å²) >= 11 is 1.23. The lowest BCUT2D eigenvalue weighted by molar-refractivity contribution is 0.408. The van der Waals surface area contributed by atoms with E-state index in [1.54, 1.807) is 14.2 Å². The maximum atomic E-state index is 8.64. The van der Waals surface area contributed by atoms with Crippen LogP contribution in [0.15, 0.2) is 24.3 Å². The third-order valence-electron chi connectivity index (χ3n) is 3.03. The fourth-order valence-electron chi connectivity index (χ4n) is 2.19. The van der Waals surface area contributed by atoms with E-state index in [2.05, 4.69) is 11.5 Å². The molecule has 98 valence electrons. The fraction of sp³-hybridized carbons (Fsp3) is 0.267. The Hall–Kier alpha value is -1.86. The number of methoxy groups -OCH3 is 2. The minimum Gasteiger partial charge on any atom is -0.496 e. The van der Waals surface area contributed by atoms with E-state index < -0.39 is 0 Å². The van der Waals surface area contributed by atoms with Crippen LogP contribution in [0.3, 0.4) is 0 Å². The van der Waals surface area contributed by atoms with Crippen molar-refractivity contribution >= 4 is 22.5 Å². The molecule has 0 aliphatic carbocycles. The molecular formula is C15H15NO2S. The smallest absolute Gasteiger partial charge is 0.133 e. The van der Waals surface area contributed by atoms with Crippen molar-refractivity contribution in [3.05, 3.63) is 35.4 Å². The fourth-order valence-corrected chi connectivity index (χ4v) is 2.60. The van der Waals surface area contributed by atoms with Crippen molar-refractivity contribution in [2.75, 3.05) is 14.2 Å². The molecule has 19 heavy (non-hydrogen) atoms. The molecule has 0 atom stereocenters. The molecule has 0 fully saturated rings. The number of rotatable bonds is 4. The van der Waals surface area contributed by atoms with Crippen molar-refractivity contribution in [3.8, 4) is 16.9 Å². The second-order valence-corrected chi connectivity index (χ2v) is 4.95. The molecule has 0 N–H and O–H groups in total. The molecule has 0 aliphatic rings. The summed E-state index contributed by atoms with van der Waals surface area (Å²) in [4.78, 5) is 0. The van der Waals surface area contributed by atoms with E-state index in [0.717, 1.165) is 33.4 Å². The number of ether oxygens (including phenoxy) is 2. The van der Waals surface area contributed by atoms with Gasteiger partial charge in [-0.25, -0.2) is 0 Å². The Labute approximate surface area is 117 Å². The molecular weight excluding hydrogens is 258 g/mol. The van der Waals surface area contributed by atoms with Crippen molar-refractivity contribution < 1.29 is 9.47 Å².